The normalized spacial score (nSPS) is 18.9. The lowest BCUT2D eigenvalue weighted by Gasteiger charge is -2.39. The lowest BCUT2D eigenvalue weighted by Crippen LogP contribution is -2.60. The van der Waals surface area contributed by atoms with Gasteiger partial charge in [0.2, 0.25) is 5.91 Å². The molecule has 3 N–H and O–H groups in total. The molecular weight excluding hydrogens is 244 g/mol. The van der Waals surface area contributed by atoms with Crippen LogP contribution in [-0.2, 0) is 9.59 Å². The lowest BCUT2D eigenvalue weighted by atomic mass is 9.78. The maximum atomic E-state index is 12.3. The number of carboxylic acid groups (broad SMARTS) is 1. The van der Waals surface area contributed by atoms with Gasteiger partial charge in [0.25, 0.3) is 0 Å². The molecule has 0 aliphatic heterocycles. The van der Waals surface area contributed by atoms with Crippen molar-refractivity contribution >= 4 is 11.9 Å². The van der Waals surface area contributed by atoms with E-state index in [-0.39, 0.29) is 12.3 Å². The zero-order valence-corrected chi connectivity index (χ0v) is 12.2. The Morgan fingerprint density at radius 1 is 1.21 bits per heavy atom. The van der Waals surface area contributed by atoms with E-state index in [4.69, 9.17) is 5.11 Å². The predicted octanol–water partition coefficient (Wildman–Crippen LogP) is 1.67. The number of carbonyl (C=O) groups is 2. The fourth-order valence-corrected chi connectivity index (χ4v) is 2.78. The number of carbonyl (C=O) groups excluding carboxylic acids is 1. The van der Waals surface area contributed by atoms with E-state index in [1.807, 2.05) is 20.8 Å². The van der Waals surface area contributed by atoms with Gasteiger partial charge in [-0.1, -0.05) is 26.2 Å². The summed E-state index contributed by atoms with van der Waals surface area (Å²) in [6.07, 6.45) is 4.61. The minimum absolute atomic E-state index is 0.0148. The van der Waals surface area contributed by atoms with Crippen molar-refractivity contribution in [3.8, 4) is 0 Å². The highest BCUT2D eigenvalue weighted by molar-refractivity contribution is 5.86. The largest absolute Gasteiger partial charge is 0.481 e. The number of amides is 1. The van der Waals surface area contributed by atoms with Crippen molar-refractivity contribution in [2.75, 3.05) is 6.54 Å². The van der Waals surface area contributed by atoms with E-state index in [2.05, 4.69) is 10.6 Å². The van der Waals surface area contributed by atoms with E-state index in [9.17, 15) is 9.59 Å². The average molecular weight is 270 g/mol. The highest BCUT2D eigenvalue weighted by Gasteiger charge is 2.39. The van der Waals surface area contributed by atoms with Gasteiger partial charge in [0.05, 0.1) is 17.5 Å². The Balaban J connectivity index is 2.77. The smallest absolute Gasteiger partial charge is 0.305 e. The lowest BCUT2D eigenvalue weighted by molar-refractivity contribution is -0.140. The summed E-state index contributed by atoms with van der Waals surface area (Å²) in [7, 11) is 0. The number of nitrogens with one attached hydrogen (secondary N) is 2. The first-order chi connectivity index (χ1) is 8.81. The molecular formula is C14H26N2O3. The third-order valence-electron chi connectivity index (χ3n) is 3.87. The van der Waals surface area contributed by atoms with Crippen LogP contribution in [0.3, 0.4) is 0 Å². The maximum absolute atomic E-state index is 12.3. The second-order valence-electron chi connectivity index (χ2n) is 6.02. The maximum Gasteiger partial charge on any atom is 0.305 e. The number of rotatable bonds is 6. The van der Waals surface area contributed by atoms with Crippen molar-refractivity contribution < 1.29 is 14.7 Å². The molecule has 5 heteroatoms. The molecule has 110 valence electrons. The standard InChI is InChI=1S/C14H26N2O3/c1-4-15-13(2,3)12(19)16-14(10-11(17)18)8-6-5-7-9-14/h15H,4-10H2,1-3H3,(H,16,19)(H,17,18). The molecule has 1 amide bonds. The zero-order chi connectivity index (χ0) is 14.5. The van der Waals surface area contributed by atoms with E-state index in [0.29, 0.717) is 6.54 Å². The third kappa shape index (κ3) is 4.49. The zero-order valence-electron chi connectivity index (χ0n) is 12.2. The van der Waals surface area contributed by atoms with Gasteiger partial charge in [0.1, 0.15) is 0 Å². The molecule has 5 nitrogen and oxygen atoms in total. The Hall–Kier alpha value is -1.10. The Kier molecular flexibility index (Phi) is 5.35. The van der Waals surface area contributed by atoms with E-state index < -0.39 is 17.0 Å². The molecule has 19 heavy (non-hydrogen) atoms. The topological polar surface area (TPSA) is 78.4 Å². The molecule has 1 rings (SSSR count). The van der Waals surface area contributed by atoms with Crippen LogP contribution < -0.4 is 10.6 Å². The van der Waals surface area contributed by atoms with Crippen LogP contribution in [-0.4, -0.2) is 34.6 Å². The molecule has 0 unspecified atom stereocenters. The van der Waals surface area contributed by atoms with E-state index in [1.165, 1.54) is 0 Å². The van der Waals surface area contributed by atoms with Crippen LogP contribution >= 0.6 is 0 Å². The van der Waals surface area contributed by atoms with Gasteiger partial charge in [0.15, 0.2) is 0 Å². The van der Waals surface area contributed by atoms with Crippen LogP contribution in [0.2, 0.25) is 0 Å². The molecule has 0 spiro atoms. The highest BCUT2D eigenvalue weighted by atomic mass is 16.4. The predicted molar refractivity (Wildman–Crippen MR) is 74.0 cm³/mol. The molecule has 0 radical (unpaired) electrons. The van der Waals surface area contributed by atoms with Crippen LogP contribution in [0.15, 0.2) is 0 Å². The van der Waals surface area contributed by atoms with Gasteiger partial charge in [0, 0.05) is 0 Å². The van der Waals surface area contributed by atoms with Crippen LogP contribution in [0.4, 0.5) is 0 Å². The van der Waals surface area contributed by atoms with Crippen LogP contribution in [0.25, 0.3) is 0 Å². The Bertz CT molecular complexity index is 334. The van der Waals surface area contributed by atoms with Gasteiger partial charge in [-0.3, -0.25) is 9.59 Å². The summed E-state index contributed by atoms with van der Waals surface area (Å²) >= 11 is 0. The van der Waals surface area contributed by atoms with Crippen LogP contribution in [0.1, 0.15) is 59.3 Å². The Morgan fingerprint density at radius 3 is 2.26 bits per heavy atom. The summed E-state index contributed by atoms with van der Waals surface area (Å²) in [5, 5.41) is 15.2. The Morgan fingerprint density at radius 2 is 1.79 bits per heavy atom. The van der Waals surface area contributed by atoms with E-state index in [1.54, 1.807) is 0 Å². The van der Waals surface area contributed by atoms with Gasteiger partial charge in [-0.2, -0.15) is 0 Å². The first kappa shape index (κ1) is 16.0. The molecule has 0 bridgehead atoms. The first-order valence-electron chi connectivity index (χ1n) is 7.11. The summed E-state index contributed by atoms with van der Waals surface area (Å²) < 4.78 is 0. The van der Waals surface area contributed by atoms with Crippen molar-refractivity contribution in [2.24, 2.45) is 0 Å². The molecule has 1 saturated carbocycles. The molecule has 0 aromatic heterocycles. The SMILES string of the molecule is CCNC(C)(C)C(=O)NC1(CC(=O)O)CCCCC1. The van der Waals surface area contributed by atoms with Gasteiger partial charge in [-0.25, -0.2) is 0 Å². The second kappa shape index (κ2) is 6.37. The van der Waals surface area contributed by atoms with E-state index >= 15 is 0 Å². The quantitative estimate of drug-likeness (QED) is 0.686. The molecule has 0 aromatic rings. The summed E-state index contributed by atoms with van der Waals surface area (Å²) in [6, 6.07) is 0. The van der Waals surface area contributed by atoms with Crippen molar-refractivity contribution in [1.29, 1.82) is 0 Å². The summed E-state index contributed by atoms with van der Waals surface area (Å²) in [6.45, 7) is 6.29. The molecule has 1 aliphatic carbocycles. The average Bonchev–Trinajstić information content (AvgIpc) is 2.28. The molecule has 1 aliphatic rings. The summed E-state index contributed by atoms with van der Waals surface area (Å²) in [4.78, 5) is 23.4. The second-order valence-corrected chi connectivity index (χ2v) is 6.02. The van der Waals surface area contributed by atoms with Gasteiger partial charge < -0.3 is 15.7 Å². The molecule has 0 saturated heterocycles. The molecule has 0 aromatic carbocycles. The number of hydrogen-bond acceptors (Lipinski definition) is 3. The Labute approximate surface area is 115 Å². The summed E-state index contributed by atoms with van der Waals surface area (Å²) in [5.74, 6) is -0.957. The fraction of sp³-hybridized carbons (Fsp3) is 0.857. The monoisotopic (exact) mass is 270 g/mol. The van der Waals surface area contributed by atoms with E-state index in [0.717, 1.165) is 32.1 Å². The number of likely N-dealkylation sites (N-methyl/N-ethyl adjacent to an activating group) is 1. The molecule has 0 heterocycles. The van der Waals surface area contributed by atoms with Crippen molar-refractivity contribution in [3.63, 3.8) is 0 Å². The third-order valence-corrected chi connectivity index (χ3v) is 3.87. The van der Waals surface area contributed by atoms with Crippen molar-refractivity contribution in [2.45, 2.75) is 70.4 Å². The van der Waals surface area contributed by atoms with Crippen molar-refractivity contribution in [1.82, 2.24) is 10.6 Å². The number of hydrogen-bond donors (Lipinski definition) is 3. The van der Waals surface area contributed by atoms with Crippen LogP contribution in [0.5, 0.6) is 0 Å². The highest BCUT2D eigenvalue weighted by Crippen LogP contribution is 2.31. The van der Waals surface area contributed by atoms with Gasteiger partial charge in [-0.05, 0) is 33.2 Å². The number of carboxylic acids is 1. The minimum Gasteiger partial charge on any atom is -0.481 e. The van der Waals surface area contributed by atoms with Crippen molar-refractivity contribution in [3.05, 3.63) is 0 Å². The fourth-order valence-electron chi connectivity index (χ4n) is 2.78. The summed E-state index contributed by atoms with van der Waals surface area (Å²) in [5.41, 5.74) is -1.23. The number of aliphatic carboxylic acids is 1. The molecule has 0 atom stereocenters. The minimum atomic E-state index is -0.844. The van der Waals surface area contributed by atoms with Gasteiger partial charge in [-0.15, -0.1) is 0 Å². The van der Waals surface area contributed by atoms with Crippen LogP contribution in [0, 0.1) is 0 Å². The molecule has 1 fully saturated rings. The van der Waals surface area contributed by atoms with Gasteiger partial charge >= 0.3 is 5.97 Å². The first-order valence-corrected chi connectivity index (χ1v) is 7.11.